The number of sulfonamides is 1. The number of piperidine rings is 1. The number of benzene rings is 2. The van der Waals surface area contributed by atoms with Crippen molar-refractivity contribution in [2.45, 2.75) is 37.6 Å². The number of methoxy groups -OCH3 is 1. The van der Waals surface area contributed by atoms with E-state index in [2.05, 4.69) is 21.8 Å². The van der Waals surface area contributed by atoms with E-state index < -0.39 is 10.0 Å². The Bertz CT molecular complexity index is 1380. The van der Waals surface area contributed by atoms with Gasteiger partial charge < -0.3 is 14.0 Å². The Morgan fingerprint density at radius 1 is 0.974 bits per heavy atom. The van der Waals surface area contributed by atoms with Gasteiger partial charge in [-0.2, -0.15) is 4.31 Å². The minimum absolute atomic E-state index is 0.359. The van der Waals surface area contributed by atoms with E-state index in [1.807, 2.05) is 36.4 Å². The Kier molecular flexibility index (Phi) is 9.19. The summed E-state index contributed by atoms with van der Waals surface area (Å²) in [6, 6.07) is 15.1. The van der Waals surface area contributed by atoms with Gasteiger partial charge in [0.25, 0.3) is 0 Å². The van der Waals surface area contributed by atoms with Gasteiger partial charge >= 0.3 is 0 Å². The fraction of sp³-hybridized carbons (Fsp3) is 0.483. The van der Waals surface area contributed by atoms with Crippen LogP contribution in [0, 0.1) is 5.92 Å². The zero-order valence-electron chi connectivity index (χ0n) is 22.8. The largest absolute Gasteiger partial charge is 0.497 e. The highest BCUT2D eigenvalue weighted by Crippen LogP contribution is 2.27. The van der Waals surface area contributed by atoms with Crippen molar-refractivity contribution in [3.8, 4) is 17.0 Å². The maximum atomic E-state index is 13.2. The Balaban J connectivity index is 1.40. The second-order valence-electron chi connectivity index (χ2n) is 10.3. The van der Waals surface area contributed by atoms with E-state index in [-0.39, 0.29) is 0 Å². The molecule has 0 N–H and O–H groups in total. The topological polar surface area (TPSA) is 76.4 Å². The molecular weight excluding hydrogens is 532 g/mol. The fourth-order valence-electron chi connectivity index (χ4n) is 5.08. The number of rotatable bonds is 9. The highest BCUT2D eigenvalue weighted by molar-refractivity contribution is 7.89. The second kappa shape index (κ2) is 12.8. The molecule has 0 atom stereocenters. The minimum Gasteiger partial charge on any atom is -0.497 e. The van der Waals surface area contributed by atoms with Gasteiger partial charge in [-0.3, -0.25) is 4.90 Å². The minimum atomic E-state index is -3.48. The summed E-state index contributed by atoms with van der Waals surface area (Å²) in [7, 11) is -1.82. The van der Waals surface area contributed by atoms with Crippen LogP contribution >= 0.6 is 11.3 Å². The molecule has 2 aliphatic heterocycles. The molecule has 2 saturated heterocycles. The zero-order valence-corrected chi connectivity index (χ0v) is 24.4. The summed E-state index contributed by atoms with van der Waals surface area (Å²) in [6.45, 7) is 8.71. The van der Waals surface area contributed by atoms with Gasteiger partial charge in [-0.1, -0.05) is 19.1 Å². The number of morpholine rings is 1. The van der Waals surface area contributed by atoms with E-state index in [1.54, 1.807) is 34.9 Å². The van der Waals surface area contributed by atoms with Crippen LogP contribution < -0.4 is 9.54 Å². The molecule has 2 fully saturated rings. The van der Waals surface area contributed by atoms with Crippen LogP contribution in [0.15, 0.2) is 63.8 Å². The zero-order chi connectivity index (χ0) is 27.2. The first kappa shape index (κ1) is 28.0. The van der Waals surface area contributed by atoms with Gasteiger partial charge in [0.2, 0.25) is 10.0 Å². The van der Waals surface area contributed by atoms with Crippen LogP contribution in [0.4, 0.5) is 5.69 Å². The van der Waals surface area contributed by atoms with E-state index >= 15 is 0 Å². The molecule has 0 spiro atoms. The van der Waals surface area contributed by atoms with Gasteiger partial charge in [-0.05, 0) is 67.1 Å². The smallest absolute Gasteiger partial charge is 0.243 e. The molecule has 5 rings (SSSR count). The number of ether oxygens (including phenoxy) is 2. The van der Waals surface area contributed by atoms with Gasteiger partial charge in [0.15, 0.2) is 4.80 Å². The van der Waals surface area contributed by atoms with E-state index in [4.69, 9.17) is 14.5 Å². The Labute approximate surface area is 235 Å². The number of thiazole rings is 1. The van der Waals surface area contributed by atoms with Crippen LogP contribution in [0.2, 0.25) is 0 Å². The average molecular weight is 571 g/mol. The normalized spacial score (nSPS) is 18.5. The molecule has 0 unspecified atom stereocenters. The Morgan fingerprint density at radius 3 is 2.33 bits per heavy atom. The lowest BCUT2D eigenvalue weighted by molar-refractivity contribution is 0.0369. The highest BCUT2D eigenvalue weighted by atomic mass is 32.2. The quantitative estimate of drug-likeness (QED) is 0.376. The first-order valence-electron chi connectivity index (χ1n) is 13.7. The molecular formula is C29H38N4O4S2. The van der Waals surface area contributed by atoms with E-state index in [1.165, 1.54) is 0 Å². The molecule has 0 saturated carbocycles. The number of hydrogen-bond acceptors (Lipinski definition) is 7. The van der Waals surface area contributed by atoms with Gasteiger partial charge in [-0.15, -0.1) is 11.3 Å². The maximum Gasteiger partial charge on any atom is 0.243 e. The number of hydrogen-bond donors (Lipinski definition) is 0. The van der Waals surface area contributed by atoms with Crippen molar-refractivity contribution >= 4 is 27.0 Å². The third-order valence-corrected chi connectivity index (χ3v) is 10.4. The number of aromatic nitrogens is 1. The highest BCUT2D eigenvalue weighted by Gasteiger charge is 2.28. The SMILES string of the molecule is COc1ccc(N=c2scc(-c3ccc(S(=O)(=O)N4CCC(C)CC4)cc3)n2CCCN2CCOCC2)cc1. The molecule has 8 nitrogen and oxygen atoms in total. The number of nitrogens with zero attached hydrogens (tertiary/aromatic N) is 4. The van der Waals surface area contributed by atoms with Crippen LogP contribution in [-0.4, -0.2) is 75.2 Å². The molecule has 3 aromatic rings. The molecule has 3 heterocycles. The Hall–Kier alpha value is -2.50. The van der Waals surface area contributed by atoms with Gasteiger partial charge in [0, 0.05) is 44.6 Å². The summed E-state index contributed by atoms with van der Waals surface area (Å²) in [4.78, 5) is 8.66. The van der Waals surface area contributed by atoms with Crippen LogP contribution in [0.3, 0.4) is 0 Å². The molecule has 1 aromatic heterocycles. The summed E-state index contributed by atoms with van der Waals surface area (Å²) in [5, 5.41) is 2.12. The van der Waals surface area contributed by atoms with Crippen molar-refractivity contribution in [2.24, 2.45) is 10.9 Å². The van der Waals surface area contributed by atoms with Crippen LogP contribution in [0.25, 0.3) is 11.3 Å². The molecule has 2 aromatic carbocycles. The summed E-state index contributed by atoms with van der Waals surface area (Å²) in [5.74, 6) is 1.38. The average Bonchev–Trinajstić information content (AvgIpc) is 3.36. The first-order chi connectivity index (χ1) is 18.9. The van der Waals surface area contributed by atoms with E-state index in [9.17, 15) is 8.42 Å². The van der Waals surface area contributed by atoms with Crippen molar-refractivity contribution in [2.75, 3.05) is 53.0 Å². The predicted molar refractivity (Wildman–Crippen MR) is 155 cm³/mol. The predicted octanol–water partition coefficient (Wildman–Crippen LogP) is 4.60. The lowest BCUT2D eigenvalue weighted by Gasteiger charge is -2.29. The summed E-state index contributed by atoms with van der Waals surface area (Å²) < 4.78 is 41.1. The van der Waals surface area contributed by atoms with Crippen LogP contribution in [0.1, 0.15) is 26.2 Å². The molecule has 2 aliphatic rings. The van der Waals surface area contributed by atoms with Crippen molar-refractivity contribution in [3.05, 3.63) is 58.7 Å². The third-order valence-electron chi connectivity index (χ3n) is 7.59. The lowest BCUT2D eigenvalue weighted by Crippen LogP contribution is -2.37. The third kappa shape index (κ3) is 6.81. The molecule has 0 bridgehead atoms. The summed E-state index contributed by atoms with van der Waals surface area (Å²) in [5.41, 5.74) is 2.90. The standard InChI is InChI=1S/C29H38N4O4S2/c1-23-12-16-32(17-13-23)39(34,35)27-10-4-24(5-11-27)28-22-38-29(30-25-6-8-26(36-2)9-7-25)33(28)15-3-14-31-18-20-37-21-19-31/h4-11,22-23H,3,12-21H2,1-2H3. The van der Waals surface area contributed by atoms with Gasteiger partial charge in [0.05, 0.1) is 36.6 Å². The summed E-state index contributed by atoms with van der Waals surface area (Å²) in [6.07, 6.45) is 2.81. The monoisotopic (exact) mass is 570 g/mol. The Morgan fingerprint density at radius 2 is 1.67 bits per heavy atom. The van der Waals surface area contributed by atoms with Gasteiger partial charge in [0.1, 0.15) is 5.75 Å². The molecule has 0 amide bonds. The van der Waals surface area contributed by atoms with Gasteiger partial charge in [-0.25, -0.2) is 13.4 Å². The molecule has 39 heavy (non-hydrogen) atoms. The van der Waals surface area contributed by atoms with Crippen molar-refractivity contribution < 1.29 is 17.9 Å². The van der Waals surface area contributed by atoms with Crippen molar-refractivity contribution in [1.82, 2.24) is 13.8 Å². The second-order valence-corrected chi connectivity index (χ2v) is 13.1. The lowest BCUT2D eigenvalue weighted by atomic mass is 10.0. The van der Waals surface area contributed by atoms with Crippen LogP contribution in [-0.2, 0) is 21.3 Å². The van der Waals surface area contributed by atoms with E-state index in [0.29, 0.717) is 23.9 Å². The molecule has 0 radical (unpaired) electrons. The first-order valence-corrected chi connectivity index (χ1v) is 16.0. The molecule has 210 valence electrons. The van der Waals surface area contributed by atoms with E-state index in [0.717, 1.165) is 86.2 Å². The van der Waals surface area contributed by atoms with Crippen molar-refractivity contribution in [1.29, 1.82) is 0 Å². The van der Waals surface area contributed by atoms with Crippen molar-refractivity contribution in [3.63, 3.8) is 0 Å². The molecule has 0 aliphatic carbocycles. The molecule has 10 heteroatoms. The maximum absolute atomic E-state index is 13.2. The fourth-order valence-corrected chi connectivity index (χ4v) is 7.51. The van der Waals surface area contributed by atoms with Crippen LogP contribution in [0.5, 0.6) is 5.75 Å². The summed E-state index contributed by atoms with van der Waals surface area (Å²) >= 11 is 1.60.